The topological polar surface area (TPSA) is 58.4 Å². The number of hydrogen-bond acceptors (Lipinski definition) is 4. The van der Waals surface area contributed by atoms with E-state index >= 15 is 0 Å². The first-order valence-corrected chi connectivity index (χ1v) is 13.3. The van der Waals surface area contributed by atoms with Crippen LogP contribution in [-0.2, 0) is 23.1 Å². The van der Waals surface area contributed by atoms with Gasteiger partial charge >= 0.3 is 0 Å². The highest BCUT2D eigenvalue weighted by molar-refractivity contribution is 7.89. The van der Waals surface area contributed by atoms with Crippen LogP contribution in [0.4, 0.5) is 10.2 Å². The van der Waals surface area contributed by atoms with Crippen molar-refractivity contribution >= 4 is 26.7 Å². The lowest BCUT2D eigenvalue weighted by molar-refractivity contribution is 0.423. The fourth-order valence-corrected chi connectivity index (χ4v) is 5.71. The van der Waals surface area contributed by atoms with Gasteiger partial charge in [0.15, 0.2) is 5.82 Å². The molecule has 6 nitrogen and oxygen atoms in total. The van der Waals surface area contributed by atoms with E-state index in [1.54, 1.807) is 24.3 Å². The molecule has 0 spiro atoms. The highest BCUT2D eigenvalue weighted by atomic mass is 32.2. The van der Waals surface area contributed by atoms with Crippen LogP contribution in [0.1, 0.15) is 31.9 Å². The lowest BCUT2D eigenvalue weighted by Gasteiger charge is -2.21. The Balaban J connectivity index is 1.77. The lowest BCUT2D eigenvalue weighted by Crippen LogP contribution is -2.30. The molecule has 4 rings (SSSR count). The van der Waals surface area contributed by atoms with Crippen molar-refractivity contribution in [2.24, 2.45) is 0 Å². The van der Waals surface area contributed by atoms with Gasteiger partial charge in [-0.3, -0.25) is 4.68 Å². The van der Waals surface area contributed by atoms with Crippen LogP contribution in [0.25, 0.3) is 10.9 Å². The quantitative estimate of drug-likeness (QED) is 0.301. The second-order valence-electron chi connectivity index (χ2n) is 8.38. The zero-order chi connectivity index (χ0) is 25.0. The van der Waals surface area contributed by atoms with E-state index < -0.39 is 10.0 Å². The maximum Gasteiger partial charge on any atom is 0.243 e. The molecule has 0 atom stereocenters. The van der Waals surface area contributed by atoms with Gasteiger partial charge in [-0.1, -0.05) is 49.4 Å². The van der Waals surface area contributed by atoms with Crippen molar-refractivity contribution in [3.05, 3.63) is 89.7 Å². The van der Waals surface area contributed by atoms with Gasteiger partial charge < -0.3 is 4.90 Å². The number of rotatable bonds is 10. The Hall–Kier alpha value is -3.23. The van der Waals surface area contributed by atoms with Gasteiger partial charge in [0.1, 0.15) is 5.82 Å². The molecule has 35 heavy (non-hydrogen) atoms. The van der Waals surface area contributed by atoms with Crippen molar-refractivity contribution < 1.29 is 12.8 Å². The van der Waals surface area contributed by atoms with Crippen LogP contribution in [0, 0.1) is 5.82 Å². The highest BCUT2D eigenvalue weighted by Crippen LogP contribution is 2.30. The van der Waals surface area contributed by atoms with Gasteiger partial charge in [0, 0.05) is 31.6 Å². The van der Waals surface area contributed by atoms with Crippen LogP contribution in [0.5, 0.6) is 0 Å². The minimum atomic E-state index is -3.71. The largest absolute Gasteiger partial charge is 0.355 e. The Morgan fingerprint density at radius 1 is 0.857 bits per heavy atom. The van der Waals surface area contributed by atoms with E-state index in [-0.39, 0.29) is 10.7 Å². The lowest BCUT2D eigenvalue weighted by atomic mass is 10.2. The van der Waals surface area contributed by atoms with Crippen molar-refractivity contribution in [1.29, 1.82) is 0 Å². The zero-order valence-corrected chi connectivity index (χ0v) is 21.2. The average molecular weight is 495 g/mol. The molecule has 0 fully saturated rings. The molecule has 0 unspecified atom stereocenters. The first kappa shape index (κ1) is 24.9. The Bertz CT molecular complexity index is 1380. The molecule has 4 aromatic rings. The van der Waals surface area contributed by atoms with Crippen molar-refractivity contribution in [1.82, 2.24) is 14.1 Å². The molecule has 0 aliphatic carbocycles. The van der Waals surface area contributed by atoms with Crippen molar-refractivity contribution in [2.75, 3.05) is 24.5 Å². The Morgan fingerprint density at radius 3 is 2.17 bits per heavy atom. The van der Waals surface area contributed by atoms with Gasteiger partial charge in [-0.05, 0) is 55.3 Å². The molecule has 0 saturated heterocycles. The standard InChI is InChI=1S/C27H31FN4O2S/c1-4-30(5-2)27-25-18-24(35(33,34)31(6-3)19-21-10-8-7-9-11-21)16-17-26(25)32(29-27)20-22-12-14-23(28)15-13-22/h7-18H,4-6,19-20H2,1-3H3. The average Bonchev–Trinajstić information content (AvgIpc) is 3.22. The number of sulfonamides is 1. The molecule has 0 aliphatic heterocycles. The Labute approximate surface area is 206 Å². The number of fused-ring (bicyclic) bond motifs is 1. The number of anilines is 1. The van der Waals surface area contributed by atoms with Gasteiger partial charge in [0.05, 0.1) is 17.0 Å². The molecule has 0 N–H and O–H groups in total. The molecule has 1 heterocycles. The Kier molecular flexibility index (Phi) is 7.52. The van der Waals surface area contributed by atoms with Crippen LogP contribution in [0.15, 0.2) is 77.7 Å². The molecule has 0 radical (unpaired) electrons. The molecule has 184 valence electrons. The fourth-order valence-electron chi connectivity index (χ4n) is 4.24. The minimum Gasteiger partial charge on any atom is -0.355 e. The monoisotopic (exact) mass is 494 g/mol. The summed E-state index contributed by atoms with van der Waals surface area (Å²) in [5, 5.41) is 5.63. The molecule has 1 aromatic heterocycles. The molecule has 0 saturated carbocycles. The fraction of sp³-hybridized carbons (Fsp3) is 0.296. The maximum absolute atomic E-state index is 13.6. The summed E-state index contributed by atoms with van der Waals surface area (Å²) in [6.45, 7) is 8.56. The number of halogens is 1. The van der Waals surface area contributed by atoms with E-state index in [2.05, 4.69) is 4.90 Å². The maximum atomic E-state index is 13.6. The van der Waals surface area contributed by atoms with Gasteiger partial charge in [-0.25, -0.2) is 12.8 Å². The van der Waals surface area contributed by atoms with Gasteiger partial charge in [-0.15, -0.1) is 0 Å². The van der Waals surface area contributed by atoms with Gasteiger partial charge in [0.25, 0.3) is 0 Å². The summed E-state index contributed by atoms with van der Waals surface area (Å²) in [6, 6.07) is 21.2. The highest BCUT2D eigenvalue weighted by Gasteiger charge is 2.25. The third-order valence-electron chi connectivity index (χ3n) is 6.20. The van der Waals surface area contributed by atoms with Crippen LogP contribution in [0.2, 0.25) is 0 Å². The van der Waals surface area contributed by atoms with E-state index in [4.69, 9.17) is 5.10 Å². The van der Waals surface area contributed by atoms with Gasteiger partial charge in [-0.2, -0.15) is 9.40 Å². The van der Waals surface area contributed by atoms with Crippen molar-refractivity contribution in [2.45, 2.75) is 38.8 Å². The van der Waals surface area contributed by atoms with Crippen LogP contribution >= 0.6 is 0 Å². The summed E-state index contributed by atoms with van der Waals surface area (Å²) in [4.78, 5) is 2.36. The number of nitrogens with zero attached hydrogens (tertiary/aromatic N) is 4. The SMILES string of the molecule is CCN(CC)c1nn(Cc2ccc(F)cc2)c2ccc(S(=O)(=O)N(CC)Cc3ccccc3)cc12. The van der Waals surface area contributed by atoms with Crippen molar-refractivity contribution in [3.63, 3.8) is 0 Å². The predicted octanol–water partition coefficient (Wildman–Crippen LogP) is 5.28. The summed E-state index contributed by atoms with van der Waals surface area (Å²) in [7, 11) is -3.71. The smallest absolute Gasteiger partial charge is 0.243 e. The van der Waals surface area contributed by atoms with E-state index in [0.717, 1.165) is 40.9 Å². The van der Waals surface area contributed by atoms with Crippen LogP contribution < -0.4 is 4.90 Å². The summed E-state index contributed by atoms with van der Waals surface area (Å²) in [5.74, 6) is 0.462. The zero-order valence-electron chi connectivity index (χ0n) is 20.4. The third kappa shape index (κ3) is 5.23. The number of hydrogen-bond donors (Lipinski definition) is 0. The number of benzene rings is 3. The first-order chi connectivity index (χ1) is 16.9. The van der Waals surface area contributed by atoms with Crippen LogP contribution in [0.3, 0.4) is 0 Å². The van der Waals surface area contributed by atoms with Gasteiger partial charge in [0.2, 0.25) is 10.0 Å². The van der Waals surface area contributed by atoms with E-state index in [0.29, 0.717) is 19.6 Å². The van der Waals surface area contributed by atoms with Crippen LogP contribution in [-0.4, -0.2) is 42.1 Å². The molecule has 0 amide bonds. The summed E-state index contributed by atoms with van der Waals surface area (Å²) in [5.41, 5.74) is 2.69. The molecule has 0 aliphatic rings. The summed E-state index contributed by atoms with van der Waals surface area (Å²) < 4.78 is 43.9. The first-order valence-electron chi connectivity index (χ1n) is 11.9. The second-order valence-corrected chi connectivity index (χ2v) is 10.3. The third-order valence-corrected chi connectivity index (χ3v) is 8.12. The van der Waals surface area contributed by atoms with E-state index in [1.807, 2.05) is 61.9 Å². The normalized spacial score (nSPS) is 11.9. The Morgan fingerprint density at radius 2 is 1.54 bits per heavy atom. The molecular weight excluding hydrogens is 463 g/mol. The van der Waals surface area contributed by atoms with E-state index in [9.17, 15) is 12.8 Å². The molecule has 3 aromatic carbocycles. The van der Waals surface area contributed by atoms with Crippen molar-refractivity contribution in [3.8, 4) is 0 Å². The summed E-state index contributed by atoms with van der Waals surface area (Å²) >= 11 is 0. The minimum absolute atomic E-state index is 0.248. The predicted molar refractivity (Wildman–Crippen MR) is 139 cm³/mol. The van der Waals surface area contributed by atoms with E-state index in [1.165, 1.54) is 16.4 Å². The summed E-state index contributed by atoms with van der Waals surface area (Å²) in [6.07, 6.45) is 0. The number of aromatic nitrogens is 2. The molecule has 0 bridgehead atoms. The molecule has 8 heteroatoms. The second kappa shape index (κ2) is 10.6. The molecular formula is C27H31FN4O2S.